The van der Waals surface area contributed by atoms with Gasteiger partial charge in [-0.15, -0.1) is 11.3 Å². The first kappa shape index (κ1) is 19.6. The van der Waals surface area contributed by atoms with Crippen molar-refractivity contribution < 1.29 is 14.3 Å². The second kappa shape index (κ2) is 9.19. The van der Waals surface area contributed by atoms with Gasteiger partial charge in [0.2, 0.25) is 0 Å². The molecule has 0 spiro atoms. The number of benzene rings is 2. The van der Waals surface area contributed by atoms with Crippen LogP contribution in [0.15, 0.2) is 78.3 Å². The van der Waals surface area contributed by atoms with Gasteiger partial charge in [0.15, 0.2) is 16.6 Å². The highest BCUT2D eigenvalue weighted by molar-refractivity contribution is 7.14. The summed E-state index contributed by atoms with van der Waals surface area (Å²) in [5.74, 6) is 0.793. The van der Waals surface area contributed by atoms with Crippen LogP contribution in [0.1, 0.15) is 15.9 Å². The highest BCUT2D eigenvalue weighted by Gasteiger charge is 2.14. The molecule has 2 heterocycles. The Morgan fingerprint density at radius 2 is 1.83 bits per heavy atom. The number of nitrogens with one attached hydrogen (secondary N) is 1. The van der Waals surface area contributed by atoms with Crippen LogP contribution in [0.5, 0.6) is 11.5 Å². The summed E-state index contributed by atoms with van der Waals surface area (Å²) in [6, 6.07) is 20.6. The van der Waals surface area contributed by atoms with Gasteiger partial charge in [-0.2, -0.15) is 0 Å². The Labute approximate surface area is 178 Å². The molecular formula is C23H19N3O3S. The van der Waals surface area contributed by atoms with Gasteiger partial charge in [-0.3, -0.25) is 15.1 Å². The molecule has 1 N–H and O–H groups in total. The average molecular weight is 417 g/mol. The van der Waals surface area contributed by atoms with E-state index in [4.69, 9.17) is 9.47 Å². The molecule has 0 atom stereocenters. The Balaban J connectivity index is 1.44. The van der Waals surface area contributed by atoms with Crippen LogP contribution >= 0.6 is 11.3 Å². The van der Waals surface area contributed by atoms with Gasteiger partial charge in [-0.25, -0.2) is 4.98 Å². The zero-order valence-electron chi connectivity index (χ0n) is 16.2. The molecule has 7 heteroatoms. The highest BCUT2D eigenvalue weighted by atomic mass is 32.1. The summed E-state index contributed by atoms with van der Waals surface area (Å²) in [6.07, 6.45) is 1.71. The van der Waals surface area contributed by atoms with Crippen LogP contribution in [0.3, 0.4) is 0 Å². The van der Waals surface area contributed by atoms with Gasteiger partial charge < -0.3 is 9.47 Å². The van der Waals surface area contributed by atoms with Crippen molar-refractivity contribution in [1.82, 2.24) is 9.97 Å². The molecule has 0 fully saturated rings. The minimum atomic E-state index is -0.273. The first-order valence-corrected chi connectivity index (χ1v) is 10.1. The Morgan fingerprint density at radius 3 is 2.60 bits per heavy atom. The lowest BCUT2D eigenvalue weighted by atomic mass is 10.2. The molecule has 0 saturated carbocycles. The van der Waals surface area contributed by atoms with Crippen LogP contribution in [-0.2, 0) is 6.61 Å². The molecular weight excluding hydrogens is 398 g/mol. The molecule has 0 aliphatic heterocycles. The van der Waals surface area contributed by atoms with Crippen LogP contribution in [0.25, 0.3) is 11.4 Å². The molecule has 0 aliphatic rings. The standard InChI is InChI=1S/C23H19N3O3S/c1-28-21-13-17(10-11-20(21)29-14-16-7-3-2-4-8-16)22(27)26-23-25-19(15-30-23)18-9-5-6-12-24-18/h2-13,15H,14H2,1H3,(H,25,26,27). The van der Waals surface area contributed by atoms with Crippen LogP contribution in [0.2, 0.25) is 0 Å². The van der Waals surface area contributed by atoms with E-state index in [0.717, 1.165) is 17.0 Å². The predicted molar refractivity (Wildman–Crippen MR) is 117 cm³/mol. The quantitative estimate of drug-likeness (QED) is 0.456. The molecule has 0 aliphatic carbocycles. The Bertz CT molecular complexity index is 1130. The van der Waals surface area contributed by atoms with Crippen LogP contribution < -0.4 is 14.8 Å². The number of thiazole rings is 1. The normalized spacial score (nSPS) is 10.4. The number of rotatable bonds is 7. The van der Waals surface area contributed by atoms with Crippen molar-refractivity contribution in [3.05, 3.63) is 89.4 Å². The maximum atomic E-state index is 12.7. The van der Waals surface area contributed by atoms with E-state index in [0.29, 0.717) is 28.8 Å². The maximum absolute atomic E-state index is 12.7. The molecule has 30 heavy (non-hydrogen) atoms. The van der Waals surface area contributed by atoms with Crippen molar-refractivity contribution in [3.63, 3.8) is 0 Å². The van der Waals surface area contributed by atoms with E-state index in [1.807, 2.05) is 53.9 Å². The summed E-state index contributed by atoms with van der Waals surface area (Å²) >= 11 is 1.35. The van der Waals surface area contributed by atoms with E-state index in [1.165, 1.54) is 11.3 Å². The van der Waals surface area contributed by atoms with E-state index < -0.39 is 0 Å². The van der Waals surface area contributed by atoms with Crippen LogP contribution in [0.4, 0.5) is 5.13 Å². The molecule has 150 valence electrons. The molecule has 0 unspecified atom stereocenters. The number of methoxy groups -OCH3 is 1. The molecule has 2 aromatic heterocycles. The van der Waals surface area contributed by atoms with Gasteiger partial charge in [0.05, 0.1) is 12.8 Å². The molecule has 0 radical (unpaired) electrons. The minimum absolute atomic E-state index is 0.273. The van der Waals surface area contributed by atoms with Crippen molar-refractivity contribution in [2.45, 2.75) is 6.61 Å². The van der Waals surface area contributed by atoms with Crippen molar-refractivity contribution in [1.29, 1.82) is 0 Å². The van der Waals surface area contributed by atoms with Crippen LogP contribution in [-0.4, -0.2) is 23.0 Å². The number of pyridine rings is 1. The summed E-state index contributed by atoms with van der Waals surface area (Å²) < 4.78 is 11.3. The summed E-state index contributed by atoms with van der Waals surface area (Å²) in [4.78, 5) is 21.4. The number of anilines is 1. The van der Waals surface area contributed by atoms with Crippen molar-refractivity contribution >= 4 is 22.4 Å². The van der Waals surface area contributed by atoms with Gasteiger partial charge >= 0.3 is 0 Å². The molecule has 0 saturated heterocycles. The molecule has 2 aromatic carbocycles. The zero-order valence-corrected chi connectivity index (χ0v) is 17.1. The first-order chi connectivity index (χ1) is 14.7. The first-order valence-electron chi connectivity index (χ1n) is 9.26. The SMILES string of the molecule is COc1cc(C(=O)Nc2nc(-c3ccccn3)cs2)ccc1OCc1ccccc1. The smallest absolute Gasteiger partial charge is 0.257 e. The van der Waals surface area contributed by atoms with Gasteiger partial charge in [-0.1, -0.05) is 36.4 Å². The molecule has 1 amide bonds. The summed E-state index contributed by atoms with van der Waals surface area (Å²) in [6.45, 7) is 0.415. The van der Waals surface area contributed by atoms with E-state index in [1.54, 1.807) is 31.5 Å². The lowest BCUT2D eigenvalue weighted by Crippen LogP contribution is -2.12. The summed E-state index contributed by atoms with van der Waals surface area (Å²) in [5, 5.41) is 5.19. The third kappa shape index (κ3) is 4.64. The van der Waals surface area contributed by atoms with E-state index in [-0.39, 0.29) is 5.91 Å². The lowest BCUT2D eigenvalue weighted by Gasteiger charge is -2.12. The fourth-order valence-corrected chi connectivity index (χ4v) is 3.50. The second-order valence-corrected chi connectivity index (χ2v) is 7.21. The summed E-state index contributed by atoms with van der Waals surface area (Å²) in [5.41, 5.74) is 2.98. The number of aromatic nitrogens is 2. The second-order valence-electron chi connectivity index (χ2n) is 6.35. The van der Waals surface area contributed by atoms with Crippen molar-refractivity contribution in [2.24, 2.45) is 0 Å². The fourth-order valence-electron chi connectivity index (χ4n) is 2.80. The molecule has 0 bridgehead atoms. The molecule has 4 aromatic rings. The average Bonchev–Trinajstić information content (AvgIpc) is 3.27. The maximum Gasteiger partial charge on any atom is 0.257 e. The topological polar surface area (TPSA) is 73.3 Å². The molecule has 4 rings (SSSR count). The van der Waals surface area contributed by atoms with E-state index >= 15 is 0 Å². The van der Waals surface area contributed by atoms with Crippen LogP contribution in [0, 0.1) is 0 Å². The fraction of sp³-hybridized carbons (Fsp3) is 0.0870. The number of amides is 1. The molecule has 6 nitrogen and oxygen atoms in total. The Hall–Kier alpha value is -3.71. The monoisotopic (exact) mass is 417 g/mol. The summed E-state index contributed by atoms with van der Waals surface area (Å²) in [7, 11) is 1.55. The number of hydrogen-bond donors (Lipinski definition) is 1. The van der Waals surface area contributed by atoms with Crippen molar-refractivity contribution in [3.8, 4) is 22.9 Å². The third-order valence-electron chi connectivity index (χ3n) is 4.31. The van der Waals surface area contributed by atoms with Gasteiger partial charge in [0, 0.05) is 17.1 Å². The highest BCUT2D eigenvalue weighted by Crippen LogP contribution is 2.30. The van der Waals surface area contributed by atoms with Gasteiger partial charge in [0.25, 0.3) is 5.91 Å². The Kier molecular flexibility index (Phi) is 6.01. The van der Waals surface area contributed by atoms with E-state index in [2.05, 4.69) is 15.3 Å². The van der Waals surface area contributed by atoms with Gasteiger partial charge in [-0.05, 0) is 35.9 Å². The number of carbonyl (C=O) groups is 1. The third-order valence-corrected chi connectivity index (χ3v) is 5.07. The van der Waals surface area contributed by atoms with Crippen molar-refractivity contribution in [2.75, 3.05) is 12.4 Å². The zero-order chi connectivity index (χ0) is 20.8. The lowest BCUT2D eigenvalue weighted by molar-refractivity contribution is 0.102. The number of carbonyl (C=O) groups excluding carboxylic acids is 1. The largest absolute Gasteiger partial charge is 0.493 e. The number of hydrogen-bond acceptors (Lipinski definition) is 6. The number of ether oxygens (including phenoxy) is 2. The van der Waals surface area contributed by atoms with E-state index in [9.17, 15) is 4.79 Å². The predicted octanol–water partition coefficient (Wildman–Crippen LogP) is 5.05. The van der Waals surface area contributed by atoms with Gasteiger partial charge in [0.1, 0.15) is 12.3 Å². The Morgan fingerprint density at radius 1 is 1.00 bits per heavy atom. The number of nitrogens with zero attached hydrogens (tertiary/aromatic N) is 2. The minimum Gasteiger partial charge on any atom is -0.493 e.